The second-order valence-corrected chi connectivity index (χ2v) is 8.17. The van der Waals surface area contributed by atoms with Gasteiger partial charge in [0.25, 0.3) is 5.56 Å². The zero-order valence-corrected chi connectivity index (χ0v) is 17.2. The van der Waals surface area contributed by atoms with Gasteiger partial charge in [0, 0.05) is 17.1 Å². The first kappa shape index (κ1) is 20.2. The normalized spacial score (nSPS) is 11.5. The van der Waals surface area contributed by atoms with Crippen molar-refractivity contribution in [1.29, 1.82) is 0 Å². The van der Waals surface area contributed by atoms with Gasteiger partial charge in [0.15, 0.2) is 5.82 Å². The quantitative estimate of drug-likeness (QED) is 0.522. The molecule has 1 aromatic carbocycles. The second kappa shape index (κ2) is 8.63. The number of hydrogen-bond acceptors (Lipinski definition) is 7. The lowest BCUT2D eigenvalue weighted by molar-refractivity contribution is 0.331. The van der Waals surface area contributed by atoms with Crippen molar-refractivity contribution in [3.8, 4) is 11.6 Å². The number of halogens is 1. The summed E-state index contributed by atoms with van der Waals surface area (Å²) in [5.74, 6) is 0.646. The fraction of sp³-hybridized carbons (Fsp3) is 0.250. The topological polar surface area (TPSA) is 121 Å². The highest BCUT2D eigenvalue weighted by Gasteiger charge is 2.20. The molecule has 0 radical (unpaired) electrons. The van der Waals surface area contributed by atoms with Crippen molar-refractivity contribution in [1.82, 2.24) is 29.3 Å². The molecule has 0 atom stereocenters. The maximum Gasteiger partial charge on any atom is 0.266 e. The van der Waals surface area contributed by atoms with Gasteiger partial charge in [0.1, 0.15) is 23.3 Å². The van der Waals surface area contributed by atoms with E-state index in [-0.39, 0.29) is 29.3 Å². The summed E-state index contributed by atoms with van der Waals surface area (Å²) in [5, 5.41) is 8.12. The van der Waals surface area contributed by atoms with Gasteiger partial charge in [-0.15, -0.1) is 5.10 Å². The number of ether oxygens (including phenoxy) is 1. The zero-order valence-electron chi connectivity index (χ0n) is 14.8. The standard InChI is InChI=1S/C16H17BrN6O4S/c1-2-27-13-4-3-12(17)9-14(13)28(25,26)20-7-8-22-16(24)6-5-15(21-22)23-11-18-10-19-23/h3-6,9-11,20H,2,7-8H2,1H3. The van der Waals surface area contributed by atoms with E-state index in [1.54, 1.807) is 19.1 Å². The molecule has 1 N–H and O–H groups in total. The van der Waals surface area contributed by atoms with Gasteiger partial charge in [0.05, 0.1) is 13.2 Å². The molecule has 0 aliphatic rings. The van der Waals surface area contributed by atoms with Gasteiger partial charge in [-0.25, -0.2) is 27.5 Å². The van der Waals surface area contributed by atoms with E-state index in [0.717, 1.165) is 4.68 Å². The highest BCUT2D eigenvalue weighted by Crippen LogP contribution is 2.27. The molecule has 12 heteroatoms. The molecule has 0 saturated heterocycles. The third kappa shape index (κ3) is 4.64. The molecule has 0 amide bonds. The Morgan fingerprint density at radius 3 is 2.79 bits per heavy atom. The minimum absolute atomic E-state index is 0.0143. The number of aromatic nitrogens is 5. The maximum atomic E-state index is 12.7. The lowest BCUT2D eigenvalue weighted by Crippen LogP contribution is -2.32. The van der Waals surface area contributed by atoms with Crippen LogP contribution in [0.1, 0.15) is 6.92 Å². The minimum atomic E-state index is -3.85. The molecule has 0 aliphatic carbocycles. The average Bonchev–Trinajstić information content (AvgIpc) is 3.19. The summed E-state index contributed by atoms with van der Waals surface area (Å²) in [5.41, 5.74) is -0.361. The zero-order chi connectivity index (χ0) is 20.1. The van der Waals surface area contributed by atoms with Crippen LogP contribution in [0, 0.1) is 0 Å². The third-order valence-corrected chi connectivity index (χ3v) is 5.59. The fourth-order valence-corrected chi connectivity index (χ4v) is 4.08. The van der Waals surface area contributed by atoms with E-state index in [1.807, 2.05) is 0 Å². The Kier molecular flexibility index (Phi) is 6.21. The van der Waals surface area contributed by atoms with Crippen molar-refractivity contribution in [2.75, 3.05) is 13.2 Å². The minimum Gasteiger partial charge on any atom is -0.492 e. The number of nitrogens with one attached hydrogen (secondary N) is 1. The Morgan fingerprint density at radius 2 is 2.07 bits per heavy atom. The average molecular weight is 469 g/mol. The largest absolute Gasteiger partial charge is 0.492 e. The van der Waals surface area contributed by atoms with Crippen LogP contribution in [0.4, 0.5) is 0 Å². The summed E-state index contributed by atoms with van der Waals surface area (Å²) in [7, 11) is -3.85. The summed E-state index contributed by atoms with van der Waals surface area (Å²) in [6, 6.07) is 7.58. The van der Waals surface area contributed by atoms with E-state index in [2.05, 4.69) is 35.8 Å². The van der Waals surface area contributed by atoms with Crippen LogP contribution in [-0.4, -0.2) is 46.1 Å². The Morgan fingerprint density at radius 1 is 1.25 bits per heavy atom. The molecule has 0 unspecified atom stereocenters. The number of sulfonamides is 1. The summed E-state index contributed by atoms with van der Waals surface area (Å²) in [4.78, 5) is 15.8. The molecule has 28 heavy (non-hydrogen) atoms. The summed E-state index contributed by atoms with van der Waals surface area (Å²) >= 11 is 3.26. The van der Waals surface area contributed by atoms with Crippen molar-refractivity contribution in [2.45, 2.75) is 18.4 Å². The number of rotatable bonds is 8. The monoisotopic (exact) mass is 468 g/mol. The van der Waals surface area contributed by atoms with Crippen LogP contribution in [0.3, 0.4) is 0 Å². The predicted octanol–water partition coefficient (Wildman–Crippen LogP) is 0.964. The first-order valence-corrected chi connectivity index (χ1v) is 10.5. The molecule has 10 nitrogen and oxygen atoms in total. The van der Waals surface area contributed by atoms with E-state index in [1.165, 1.54) is 35.5 Å². The molecule has 0 aliphatic heterocycles. The molecule has 2 aromatic heterocycles. The van der Waals surface area contributed by atoms with Gasteiger partial charge >= 0.3 is 0 Å². The van der Waals surface area contributed by atoms with Gasteiger partial charge in [-0.1, -0.05) is 15.9 Å². The van der Waals surface area contributed by atoms with E-state index in [4.69, 9.17) is 4.74 Å². The predicted molar refractivity (Wildman–Crippen MR) is 104 cm³/mol. The van der Waals surface area contributed by atoms with E-state index < -0.39 is 10.0 Å². The Labute approximate surface area is 169 Å². The highest BCUT2D eigenvalue weighted by molar-refractivity contribution is 9.10. The number of benzene rings is 1. The molecule has 2 heterocycles. The molecular weight excluding hydrogens is 452 g/mol. The molecule has 3 rings (SSSR count). The van der Waals surface area contributed by atoms with Gasteiger partial charge in [0.2, 0.25) is 10.0 Å². The van der Waals surface area contributed by atoms with Crippen LogP contribution in [0.2, 0.25) is 0 Å². The van der Waals surface area contributed by atoms with E-state index in [9.17, 15) is 13.2 Å². The molecule has 148 valence electrons. The number of nitrogens with zero attached hydrogens (tertiary/aromatic N) is 5. The number of hydrogen-bond donors (Lipinski definition) is 1. The van der Waals surface area contributed by atoms with Gasteiger partial charge in [-0.2, -0.15) is 5.10 Å². The van der Waals surface area contributed by atoms with Crippen molar-refractivity contribution in [3.63, 3.8) is 0 Å². The van der Waals surface area contributed by atoms with E-state index in [0.29, 0.717) is 16.9 Å². The molecule has 3 aromatic rings. The summed E-state index contributed by atoms with van der Waals surface area (Å²) in [6.07, 6.45) is 2.79. The first-order valence-electron chi connectivity index (χ1n) is 8.26. The second-order valence-electron chi connectivity index (χ2n) is 5.51. The van der Waals surface area contributed by atoms with Crippen LogP contribution < -0.4 is 15.0 Å². The van der Waals surface area contributed by atoms with Crippen molar-refractivity contribution in [2.24, 2.45) is 0 Å². The summed E-state index contributed by atoms with van der Waals surface area (Å²) < 4.78 is 36.4. The lowest BCUT2D eigenvalue weighted by Gasteiger charge is -2.13. The maximum absolute atomic E-state index is 12.7. The molecule has 0 fully saturated rings. The summed E-state index contributed by atoms with van der Waals surface area (Å²) in [6.45, 7) is 2.11. The van der Waals surface area contributed by atoms with Crippen LogP contribution in [0.15, 0.2) is 57.1 Å². The Hall–Kier alpha value is -2.57. The third-order valence-electron chi connectivity index (χ3n) is 3.62. The van der Waals surface area contributed by atoms with Gasteiger partial charge < -0.3 is 4.74 Å². The van der Waals surface area contributed by atoms with Crippen molar-refractivity contribution >= 4 is 26.0 Å². The first-order chi connectivity index (χ1) is 13.4. The fourth-order valence-electron chi connectivity index (χ4n) is 2.38. The Bertz CT molecular complexity index is 1110. The van der Waals surface area contributed by atoms with Crippen molar-refractivity contribution in [3.05, 3.63) is 57.8 Å². The Balaban J connectivity index is 1.75. The smallest absolute Gasteiger partial charge is 0.266 e. The van der Waals surface area contributed by atoms with Crippen molar-refractivity contribution < 1.29 is 13.2 Å². The molecule has 0 saturated carbocycles. The van der Waals surface area contributed by atoms with Gasteiger partial charge in [-0.3, -0.25) is 4.79 Å². The molecular formula is C16H17BrN6O4S. The highest BCUT2D eigenvalue weighted by atomic mass is 79.9. The van der Waals surface area contributed by atoms with E-state index >= 15 is 0 Å². The van der Waals surface area contributed by atoms with Crippen LogP contribution >= 0.6 is 15.9 Å². The van der Waals surface area contributed by atoms with Gasteiger partial charge in [-0.05, 0) is 31.2 Å². The SMILES string of the molecule is CCOc1ccc(Br)cc1S(=O)(=O)NCCn1nc(-n2cncn2)ccc1=O. The van der Waals surface area contributed by atoms with Crippen LogP contribution in [0.25, 0.3) is 5.82 Å². The van der Waals surface area contributed by atoms with Crippen LogP contribution in [0.5, 0.6) is 5.75 Å². The molecule has 0 spiro atoms. The lowest BCUT2D eigenvalue weighted by atomic mass is 10.3. The van der Waals surface area contributed by atoms with Crippen LogP contribution in [-0.2, 0) is 16.6 Å². The molecule has 0 bridgehead atoms.